The Hall–Kier alpha value is -2.44. The van der Waals surface area contributed by atoms with Crippen LogP contribution >= 0.6 is 0 Å². The van der Waals surface area contributed by atoms with E-state index in [1.807, 2.05) is 19.1 Å². The van der Waals surface area contributed by atoms with Crippen LogP contribution in [0.2, 0.25) is 0 Å². The summed E-state index contributed by atoms with van der Waals surface area (Å²) in [4.78, 5) is 16.5. The number of halogens is 1. The van der Waals surface area contributed by atoms with Crippen LogP contribution in [0.15, 0.2) is 42.5 Å². The van der Waals surface area contributed by atoms with Crippen molar-refractivity contribution in [3.8, 4) is 0 Å². The lowest BCUT2D eigenvalue weighted by Gasteiger charge is -2.31. The lowest BCUT2D eigenvalue weighted by Crippen LogP contribution is -2.41. The minimum absolute atomic E-state index is 0.0244. The third kappa shape index (κ3) is 5.48. The molecule has 0 spiro atoms. The van der Waals surface area contributed by atoms with Crippen LogP contribution in [0.5, 0.6) is 0 Å². The number of esters is 1. The molecule has 0 amide bonds. The molecular formula is C26H33FN2O3. The molecule has 1 atom stereocenters. The topological polar surface area (TPSA) is 42.0 Å². The fraction of sp³-hybridized carbons (Fsp3) is 0.500. The zero-order valence-electron chi connectivity index (χ0n) is 18.9. The average molecular weight is 441 g/mol. The third-order valence-corrected chi connectivity index (χ3v) is 6.42. The van der Waals surface area contributed by atoms with Gasteiger partial charge in [-0.2, -0.15) is 0 Å². The van der Waals surface area contributed by atoms with Crippen molar-refractivity contribution in [3.05, 3.63) is 59.4 Å². The van der Waals surface area contributed by atoms with Crippen LogP contribution in [-0.4, -0.2) is 56.9 Å². The molecule has 2 aliphatic rings. The maximum absolute atomic E-state index is 14.1. The molecule has 0 N–H and O–H groups in total. The molecule has 172 valence electrons. The Morgan fingerprint density at radius 2 is 1.84 bits per heavy atom. The van der Waals surface area contributed by atoms with Crippen molar-refractivity contribution in [2.24, 2.45) is 5.92 Å². The van der Waals surface area contributed by atoms with Gasteiger partial charge in [-0.05, 0) is 68.5 Å². The van der Waals surface area contributed by atoms with Crippen LogP contribution in [0.25, 0.3) is 0 Å². The van der Waals surface area contributed by atoms with Crippen molar-refractivity contribution < 1.29 is 18.7 Å². The summed E-state index contributed by atoms with van der Waals surface area (Å²) in [5, 5.41) is 0. The van der Waals surface area contributed by atoms with Gasteiger partial charge in [-0.15, -0.1) is 0 Å². The zero-order chi connectivity index (χ0) is 22.3. The molecule has 4 rings (SSSR count). The van der Waals surface area contributed by atoms with Gasteiger partial charge in [-0.1, -0.05) is 24.3 Å². The van der Waals surface area contributed by atoms with Gasteiger partial charge < -0.3 is 19.3 Å². The highest BCUT2D eigenvalue weighted by atomic mass is 19.1. The van der Waals surface area contributed by atoms with Crippen LogP contribution in [0, 0.1) is 11.7 Å². The Kier molecular flexibility index (Phi) is 7.76. The normalized spacial score (nSPS) is 18.6. The largest absolute Gasteiger partial charge is 0.466 e. The number of hydrogen-bond acceptors (Lipinski definition) is 5. The van der Waals surface area contributed by atoms with Crippen molar-refractivity contribution in [3.63, 3.8) is 0 Å². The van der Waals surface area contributed by atoms with E-state index in [0.717, 1.165) is 56.7 Å². The molecule has 0 aliphatic carbocycles. The molecule has 1 saturated heterocycles. The number of benzene rings is 2. The van der Waals surface area contributed by atoms with E-state index in [0.29, 0.717) is 26.4 Å². The number of nitrogens with zero attached hydrogens (tertiary/aromatic N) is 2. The van der Waals surface area contributed by atoms with Gasteiger partial charge in [0, 0.05) is 31.0 Å². The molecule has 6 heteroatoms. The first-order chi connectivity index (χ1) is 15.7. The number of anilines is 2. The molecule has 5 nitrogen and oxygen atoms in total. The maximum atomic E-state index is 14.1. The van der Waals surface area contributed by atoms with Gasteiger partial charge in [0.25, 0.3) is 0 Å². The molecule has 0 bridgehead atoms. The smallest absolute Gasteiger partial charge is 0.310 e. The van der Waals surface area contributed by atoms with Crippen LogP contribution in [0.4, 0.5) is 15.8 Å². The van der Waals surface area contributed by atoms with Gasteiger partial charge in [-0.3, -0.25) is 4.79 Å². The number of piperidine rings is 1. The quantitative estimate of drug-likeness (QED) is 0.451. The molecule has 2 aromatic carbocycles. The van der Waals surface area contributed by atoms with E-state index in [2.05, 4.69) is 28.0 Å². The number of aryl methyl sites for hydroxylation is 2. The summed E-state index contributed by atoms with van der Waals surface area (Å²) in [5.41, 5.74) is 4.52. The zero-order valence-corrected chi connectivity index (χ0v) is 18.9. The monoisotopic (exact) mass is 440 g/mol. The van der Waals surface area contributed by atoms with Crippen LogP contribution in [0.3, 0.4) is 0 Å². The summed E-state index contributed by atoms with van der Waals surface area (Å²) < 4.78 is 25.2. The van der Waals surface area contributed by atoms with Gasteiger partial charge in [0.2, 0.25) is 0 Å². The number of carbonyl (C=O) groups excluding carboxylic acids is 1. The second-order valence-electron chi connectivity index (χ2n) is 8.56. The molecule has 2 aliphatic heterocycles. The fourth-order valence-corrected chi connectivity index (χ4v) is 4.79. The van der Waals surface area contributed by atoms with Crippen LogP contribution in [0.1, 0.15) is 30.9 Å². The minimum atomic E-state index is -0.213. The molecule has 0 aromatic heterocycles. The Morgan fingerprint density at radius 1 is 1.06 bits per heavy atom. The van der Waals surface area contributed by atoms with Crippen molar-refractivity contribution in [2.45, 2.75) is 32.6 Å². The molecule has 2 aromatic rings. The summed E-state index contributed by atoms with van der Waals surface area (Å²) in [6, 6.07) is 13.5. The Labute approximate surface area is 190 Å². The first-order valence-electron chi connectivity index (χ1n) is 11.8. The number of carbonyl (C=O) groups is 1. The molecule has 0 radical (unpaired) electrons. The lowest BCUT2D eigenvalue weighted by atomic mass is 9.98. The van der Waals surface area contributed by atoms with Gasteiger partial charge in [0.1, 0.15) is 5.82 Å². The summed E-state index contributed by atoms with van der Waals surface area (Å²) in [6.07, 6.45) is 3.76. The van der Waals surface area contributed by atoms with Gasteiger partial charge >= 0.3 is 5.97 Å². The predicted molar refractivity (Wildman–Crippen MR) is 124 cm³/mol. The van der Waals surface area contributed by atoms with Crippen molar-refractivity contribution in [2.75, 3.05) is 50.9 Å². The summed E-state index contributed by atoms with van der Waals surface area (Å²) >= 11 is 0. The fourth-order valence-electron chi connectivity index (χ4n) is 4.79. The predicted octanol–water partition coefficient (Wildman–Crippen LogP) is 4.35. The lowest BCUT2D eigenvalue weighted by molar-refractivity contribution is -0.150. The van der Waals surface area contributed by atoms with E-state index in [-0.39, 0.29) is 17.7 Å². The van der Waals surface area contributed by atoms with E-state index >= 15 is 0 Å². The van der Waals surface area contributed by atoms with E-state index in [1.54, 1.807) is 12.1 Å². The number of para-hydroxylation sites is 1. The van der Waals surface area contributed by atoms with Gasteiger partial charge in [-0.25, -0.2) is 4.39 Å². The number of hydrogen-bond donors (Lipinski definition) is 0. The minimum Gasteiger partial charge on any atom is -0.466 e. The van der Waals surface area contributed by atoms with Crippen molar-refractivity contribution >= 4 is 17.3 Å². The third-order valence-electron chi connectivity index (χ3n) is 6.42. The Balaban J connectivity index is 1.32. The Morgan fingerprint density at radius 3 is 2.69 bits per heavy atom. The van der Waals surface area contributed by atoms with Crippen molar-refractivity contribution in [1.29, 1.82) is 0 Å². The van der Waals surface area contributed by atoms with E-state index in [9.17, 15) is 9.18 Å². The molecule has 1 fully saturated rings. The highest BCUT2D eigenvalue weighted by Gasteiger charge is 2.26. The molecular weight excluding hydrogens is 407 g/mol. The summed E-state index contributed by atoms with van der Waals surface area (Å²) in [7, 11) is 0. The van der Waals surface area contributed by atoms with E-state index in [1.165, 1.54) is 11.1 Å². The second kappa shape index (κ2) is 10.9. The standard InChI is InChI=1S/C26H33FN2O3/c1-2-32-26(30)22-7-5-13-28(19-22)14-16-31-17-15-29-24-8-4-3-6-20(24)9-10-21-11-12-23(27)18-25(21)29/h3-4,6,8,11-12,18,22H,2,5,7,9-10,13-17,19H2,1H3/t22-/m1/s1. The molecule has 0 unspecified atom stereocenters. The molecule has 2 heterocycles. The number of ether oxygens (including phenoxy) is 2. The first-order valence-corrected chi connectivity index (χ1v) is 11.8. The maximum Gasteiger partial charge on any atom is 0.310 e. The van der Waals surface area contributed by atoms with Crippen LogP contribution < -0.4 is 4.90 Å². The molecule has 0 saturated carbocycles. The first kappa shape index (κ1) is 22.7. The van der Waals surface area contributed by atoms with Crippen molar-refractivity contribution in [1.82, 2.24) is 4.90 Å². The van der Waals surface area contributed by atoms with E-state index in [4.69, 9.17) is 9.47 Å². The summed E-state index contributed by atoms with van der Waals surface area (Å²) in [6.45, 7) is 6.66. The van der Waals surface area contributed by atoms with Crippen LogP contribution in [-0.2, 0) is 27.1 Å². The van der Waals surface area contributed by atoms with Gasteiger partial charge in [0.15, 0.2) is 0 Å². The van der Waals surface area contributed by atoms with Gasteiger partial charge in [0.05, 0.1) is 25.7 Å². The SMILES string of the molecule is CCOC(=O)[C@@H]1CCCN(CCOCCN2c3ccccc3CCc3ccc(F)cc32)C1. The number of likely N-dealkylation sites (tertiary alicyclic amines) is 1. The second-order valence-corrected chi connectivity index (χ2v) is 8.56. The Bertz CT molecular complexity index is 920. The number of fused-ring (bicyclic) bond motifs is 2. The summed E-state index contributed by atoms with van der Waals surface area (Å²) in [5.74, 6) is -0.317. The molecule has 32 heavy (non-hydrogen) atoms. The average Bonchev–Trinajstić information content (AvgIpc) is 2.96. The highest BCUT2D eigenvalue weighted by Crippen LogP contribution is 2.36. The van der Waals surface area contributed by atoms with E-state index < -0.39 is 0 Å². The highest BCUT2D eigenvalue weighted by molar-refractivity contribution is 5.73. The number of rotatable bonds is 8.